The maximum absolute atomic E-state index is 12.4. The summed E-state index contributed by atoms with van der Waals surface area (Å²) < 4.78 is 11.7. The van der Waals surface area contributed by atoms with E-state index < -0.39 is 0 Å². The van der Waals surface area contributed by atoms with Crippen molar-refractivity contribution < 1.29 is 18.7 Å². The third-order valence-corrected chi connectivity index (χ3v) is 4.33. The Hall–Kier alpha value is -2.35. The molecular weight excluding hydrogens is 390 g/mol. The number of halogens is 1. The molecule has 1 atom stereocenters. The zero-order chi connectivity index (χ0) is 18.0. The van der Waals surface area contributed by atoms with Gasteiger partial charge in [-0.25, -0.2) is 4.98 Å². The van der Waals surface area contributed by atoms with Gasteiger partial charge in [-0.2, -0.15) is 0 Å². The molecule has 2 aromatic rings. The van der Waals surface area contributed by atoms with Crippen molar-refractivity contribution in [2.75, 3.05) is 27.2 Å². The molecule has 0 spiro atoms. The molecule has 1 saturated heterocycles. The van der Waals surface area contributed by atoms with Gasteiger partial charge in [0.2, 0.25) is 5.88 Å². The van der Waals surface area contributed by atoms with Gasteiger partial charge in [-0.15, -0.1) is 0 Å². The fourth-order valence-corrected chi connectivity index (χ4v) is 2.95. The lowest BCUT2D eigenvalue weighted by atomic mass is 10.2. The third-order valence-electron chi connectivity index (χ3n) is 3.90. The van der Waals surface area contributed by atoms with Crippen molar-refractivity contribution >= 4 is 27.7 Å². The molecule has 0 bridgehead atoms. The lowest BCUT2D eigenvalue weighted by molar-refractivity contribution is 0.0733. The van der Waals surface area contributed by atoms with Gasteiger partial charge in [-0.1, -0.05) is 0 Å². The molecule has 0 saturated carbocycles. The Bertz CT molecular complexity index is 790. The Morgan fingerprint density at radius 1 is 1.36 bits per heavy atom. The quantitative estimate of drug-likeness (QED) is 0.777. The van der Waals surface area contributed by atoms with Crippen LogP contribution in [-0.2, 0) is 0 Å². The largest absolute Gasteiger partial charge is 0.472 e. The average Bonchev–Trinajstić information content (AvgIpc) is 3.23. The van der Waals surface area contributed by atoms with Crippen molar-refractivity contribution in [1.82, 2.24) is 14.8 Å². The van der Waals surface area contributed by atoms with Crippen LogP contribution in [-0.4, -0.2) is 59.9 Å². The van der Waals surface area contributed by atoms with Crippen LogP contribution in [0.2, 0.25) is 0 Å². The number of furan rings is 1. The minimum atomic E-state index is -0.217. The van der Waals surface area contributed by atoms with E-state index in [1.807, 2.05) is 0 Å². The van der Waals surface area contributed by atoms with Crippen molar-refractivity contribution in [2.45, 2.75) is 12.5 Å². The summed E-state index contributed by atoms with van der Waals surface area (Å²) in [5.74, 6) is 0.229. The van der Waals surface area contributed by atoms with E-state index >= 15 is 0 Å². The van der Waals surface area contributed by atoms with E-state index in [2.05, 4.69) is 20.9 Å². The van der Waals surface area contributed by atoms with Gasteiger partial charge in [-0.05, 0) is 40.2 Å². The standard InChI is InChI=1S/C17H18BrN3O4/c1-20(2)16(22)12-4-3-8-19-15(12)24-11-7-9-21(10-11)17(23)13-5-6-14(18)25-13/h3-6,8,11H,7,9-10H2,1-2H3. The number of carbonyl (C=O) groups excluding carboxylic acids is 2. The molecule has 132 valence electrons. The number of rotatable bonds is 4. The van der Waals surface area contributed by atoms with Gasteiger partial charge in [0, 0.05) is 33.3 Å². The van der Waals surface area contributed by atoms with Crippen LogP contribution in [0.4, 0.5) is 0 Å². The molecule has 1 fully saturated rings. The van der Waals surface area contributed by atoms with E-state index in [9.17, 15) is 9.59 Å². The summed E-state index contributed by atoms with van der Waals surface area (Å²) in [6.07, 6.45) is 2.03. The van der Waals surface area contributed by atoms with Crippen LogP contribution in [0.1, 0.15) is 27.3 Å². The highest BCUT2D eigenvalue weighted by Gasteiger charge is 2.31. The molecule has 0 aliphatic carbocycles. The molecule has 2 amide bonds. The number of carbonyl (C=O) groups is 2. The highest BCUT2D eigenvalue weighted by atomic mass is 79.9. The molecule has 0 radical (unpaired) electrons. The third kappa shape index (κ3) is 3.84. The summed E-state index contributed by atoms with van der Waals surface area (Å²) in [6, 6.07) is 6.70. The van der Waals surface area contributed by atoms with Crippen LogP contribution in [0.5, 0.6) is 5.88 Å². The van der Waals surface area contributed by atoms with E-state index in [1.54, 1.807) is 49.5 Å². The molecule has 3 rings (SSSR count). The van der Waals surface area contributed by atoms with E-state index in [4.69, 9.17) is 9.15 Å². The molecule has 1 aliphatic heterocycles. The second-order valence-corrected chi connectivity index (χ2v) is 6.72. The number of aromatic nitrogens is 1. The fourth-order valence-electron chi connectivity index (χ4n) is 2.64. The van der Waals surface area contributed by atoms with Gasteiger partial charge < -0.3 is 19.0 Å². The summed E-state index contributed by atoms with van der Waals surface area (Å²) in [7, 11) is 3.35. The van der Waals surface area contributed by atoms with Gasteiger partial charge >= 0.3 is 0 Å². The number of amides is 2. The second-order valence-electron chi connectivity index (χ2n) is 5.94. The molecule has 2 aromatic heterocycles. The van der Waals surface area contributed by atoms with E-state index in [1.165, 1.54) is 4.90 Å². The molecule has 7 nitrogen and oxygen atoms in total. The molecule has 1 unspecified atom stereocenters. The predicted octanol–water partition coefficient (Wildman–Crippen LogP) is 2.43. The highest BCUT2D eigenvalue weighted by molar-refractivity contribution is 9.10. The summed E-state index contributed by atoms with van der Waals surface area (Å²) in [5, 5.41) is 0. The topological polar surface area (TPSA) is 75.9 Å². The van der Waals surface area contributed by atoms with Crippen molar-refractivity contribution in [1.29, 1.82) is 0 Å². The molecule has 1 aliphatic rings. The van der Waals surface area contributed by atoms with Gasteiger partial charge in [0.1, 0.15) is 11.7 Å². The van der Waals surface area contributed by atoms with E-state index in [-0.39, 0.29) is 23.7 Å². The van der Waals surface area contributed by atoms with Crippen LogP contribution in [0.25, 0.3) is 0 Å². The molecule has 25 heavy (non-hydrogen) atoms. The van der Waals surface area contributed by atoms with Crippen LogP contribution in [0.15, 0.2) is 39.5 Å². The summed E-state index contributed by atoms with van der Waals surface area (Å²) in [5.41, 5.74) is 0.409. The second kappa shape index (κ2) is 7.26. The van der Waals surface area contributed by atoms with Gasteiger partial charge in [0.05, 0.1) is 6.54 Å². The first-order chi connectivity index (χ1) is 12.0. The first-order valence-corrected chi connectivity index (χ1v) is 8.63. The van der Waals surface area contributed by atoms with E-state index in [0.717, 1.165) is 0 Å². The van der Waals surface area contributed by atoms with Crippen LogP contribution in [0, 0.1) is 0 Å². The monoisotopic (exact) mass is 407 g/mol. The number of ether oxygens (including phenoxy) is 1. The van der Waals surface area contributed by atoms with Crippen molar-refractivity contribution in [3.8, 4) is 5.88 Å². The smallest absolute Gasteiger partial charge is 0.289 e. The molecule has 0 N–H and O–H groups in total. The first-order valence-electron chi connectivity index (χ1n) is 7.83. The Morgan fingerprint density at radius 2 is 2.16 bits per heavy atom. The molecule has 8 heteroatoms. The molecular formula is C17H18BrN3O4. The summed E-state index contributed by atoms with van der Waals surface area (Å²) >= 11 is 3.19. The van der Waals surface area contributed by atoms with Crippen LogP contribution >= 0.6 is 15.9 Å². The van der Waals surface area contributed by atoms with Crippen LogP contribution in [0.3, 0.4) is 0 Å². The lowest BCUT2D eigenvalue weighted by Crippen LogP contribution is -2.31. The van der Waals surface area contributed by atoms with Crippen molar-refractivity contribution in [3.05, 3.63) is 46.5 Å². The Morgan fingerprint density at radius 3 is 2.84 bits per heavy atom. The number of pyridine rings is 1. The number of hydrogen-bond donors (Lipinski definition) is 0. The summed E-state index contributed by atoms with van der Waals surface area (Å²) in [4.78, 5) is 32.0. The zero-order valence-electron chi connectivity index (χ0n) is 13.9. The van der Waals surface area contributed by atoms with Gasteiger partial charge in [0.25, 0.3) is 11.8 Å². The van der Waals surface area contributed by atoms with Gasteiger partial charge in [0.15, 0.2) is 10.4 Å². The SMILES string of the molecule is CN(C)C(=O)c1cccnc1OC1CCN(C(=O)c2ccc(Br)o2)C1. The Kier molecular flexibility index (Phi) is 5.08. The van der Waals surface area contributed by atoms with Crippen molar-refractivity contribution in [3.63, 3.8) is 0 Å². The van der Waals surface area contributed by atoms with Gasteiger partial charge in [-0.3, -0.25) is 9.59 Å². The molecule has 3 heterocycles. The maximum Gasteiger partial charge on any atom is 0.289 e. The number of nitrogens with zero attached hydrogens (tertiary/aromatic N) is 3. The van der Waals surface area contributed by atoms with Crippen LogP contribution < -0.4 is 4.74 Å². The lowest BCUT2D eigenvalue weighted by Gasteiger charge is -2.18. The normalized spacial score (nSPS) is 16.8. The predicted molar refractivity (Wildman–Crippen MR) is 93.6 cm³/mol. The maximum atomic E-state index is 12.4. The zero-order valence-corrected chi connectivity index (χ0v) is 15.5. The summed E-state index contributed by atoms with van der Waals surface area (Å²) in [6.45, 7) is 0.981. The minimum absolute atomic E-state index is 0.172. The average molecular weight is 408 g/mol. The Balaban J connectivity index is 1.68. The van der Waals surface area contributed by atoms with E-state index in [0.29, 0.717) is 35.6 Å². The minimum Gasteiger partial charge on any atom is -0.472 e. The van der Waals surface area contributed by atoms with Crippen molar-refractivity contribution in [2.24, 2.45) is 0 Å². The fraction of sp³-hybridized carbons (Fsp3) is 0.353. The first kappa shape index (κ1) is 17.5. The number of hydrogen-bond acceptors (Lipinski definition) is 5. The highest BCUT2D eigenvalue weighted by Crippen LogP contribution is 2.23. The molecule has 0 aromatic carbocycles. The Labute approximate surface area is 153 Å². The number of likely N-dealkylation sites (tertiary alicyclic amines) is 1.